The summed E-state index contributed by atoms with van der Waals surface area (Å²) in [7, 11) is 0. The number of aromatic nitrogens is 1. The highest BCUT2D eigenvalue weighted by Crippen LogP contribution is 2.32. The van der Waals surface area contributed by atoms with E-state index in [1.165, 1.54) is 0 Å². The zero-order chi connectivity index (χ0) is 19.5. The van der Waals surface area contributed by atoms with Gasteiger partial charge in [-0.2, -0.15) is 0 Å². The first-order valence-corrected chi connectivity index (χ1v) is 10.5. The van der Waals surface area contributed by atoms with Crippen LogP contribution in [0.15, 0.2) is 36.5 Å². The van der Waals surface area contributed by atoms with Crippen molar-refractivity contribution in [2.75, 3.05) is 18.4 Å². The Morgan fingerprint density at radius 3 is 2.39 bits per heavy atom. The number of fused-ring (bicyclic) bond motifs is 1. The number of carbonyl (C=O) groups is 2. The number of anilines is 1. The van der Waals surface area contributed by atoms with Crippen molar-refractivity contribution in [1.82, 2.24) is 9.88 Å². The van der Waals surface area contributed by atoms with Gasteiger partial charge in [-0.3, -0.25) is 14.6 Å². The quantitative estimate of drug-likeness (QED) is 0.868. The molecule has 0 radical (unpaired) electrons. The van der Waals surface area contributed by atoms with E-state index in [0.29, 0.717) is 5.91 Å². The molecule has 1 aromatic carbocycles. The molecular weight excluding hydrogens is 350 g/mol. The van der Waals surface area contributed by atoms with Crippen LogP contribution < -0.4 is 5.32 Å². The monoisotopic (exact) mass is 379 g/mol. The summed E-state index contributed by atoms with van der Waals surface area (Å²) in [6.45, 7) is 4.06. The summed E-state index contributed by atoms with van der Waals surface area (Å²) in [4.78, 5) is 32.0. The van der Waals surface area contributed by atoms with Gasteiger partial charge in [0, 0.05) is 36.5 Å². The Hall–Kier alpha value is -2.43. The number of para-hydroxylation sites is 1. The van der Waals surface area contributed by atoms with Gasteiger partial charge in [0.2, 0.25) is 11.8 Å². The molecule has 1 aromatic heterocycles. The molecule has 0 bridgehead atoms. The van der Waals surface area contributed by atoms with Gasteiger partial charge in [-0.15, -0.1) is 0 Å². The van der Waals surface area contributed by atoms with Crippen molar-refractivity contribution in [3.63, 3.8) is 0 Å². The molecule has 2 fully saturated rings. The molecule has 148 valence electrons. The van der Waals surface area contributed by atoms with E-state index in [1.54, 1.807) is 6.20 Å². The normalized spacial score (nSPS) is 23.5. The molecular formula is C23H29N3O2. The van der Waals surface area contributed by atoms with Crippen molar-refractivity contribution >= 4 is 28.4 Å². The maximum Gasteiger partial charge on any atom is 0.227 e. The molecule has 0 unspecified atom stereocenters. The number of carbonyl (C=O) groups excluding carboxylic acids is 2. The lowest BCUT2D eigenvalue weighted by Gasteiger charge is -2.35. The van der Waals surface area contributed by atoms with E-state index in [9.17, 15) is 9.59 Å². The summed E-state index contributed by atoms with van der Waals surface area (Å²) in [5.74, 6) is 1.16. The van der Waals surface area contributed by atoms with Crippen molar-refractivity contribution in [3.05, 3.63) is 36.5 Å². The Labute approximate surface area is 166 Å². The number of rotatable bonds is 3. The number of likely N-dealkylation sites (tertiary alicyclic amines) is 1. The van der Waals surface area contributed by atoms with Gasteiger partial charge < -0.3 is 10.2 Å². The van der Waals surface area contributed by atoms with E-state index in [1.807, 2.05) is 35.2 Å². The van der Waals surface area contributed by atoms with Crippen LogP contribution in [0, 0.1) is 17.8 Å². The number of amides is 2. The minimum Gasteiger partial charge on any atom is -0.342 e. The van der Waals surface area contributed by atoms with Gasteiger partial charge >= 0.3 is 0 Å². The molecule has 1 saturated carbocycles. The Balaban J connectivity index is 1.33. The fraction of sp³-hybridized carbons (Fsp3) is 0.522. The SMILES string of the molecule is CC1CCN(C(=O)C2CCC(C(=O)Nc3cccc4cccnc34)CC2)CC1. The van der Waals surface area contributed by atoms with Crippen LogP contribution in [0.2, 0.25) is 0 Å². The fourth-order valence-corrected chi connectivity index (χ4v) is 4.53. The predicted octanol–water partition coefficient (Wildman–Crippen LogP) is 4.24. The van der Waals surface area contributed by atoms with E-state index >= 15 is 0 Å². The van der Waals surface area contributed by atoms with Crippen LogP contribution in [-0.4, -0.2) is 34.8 Å². The van der Waals surface area contributed by atoms with Crippen molar-refractivity contribution in [2.24, 2.45) is 17.8 Å². The van der Waals surface area contributed by atoms with Crippen LogP contribution in [0.1, 0.15) is 45.4 Å². The second-order valence-corrected chi connectivity index (χ2v) is 8.43. The highest BCUT2D eigenvalue weighted by Gasteiger charge is 2.33. The van der Waals surface area contributed by atoms with E-state index in [4.69, 9.17) is 0 Å². The first kappa shape index (κ1) is 18.9. The van der Waals surface area contributed by atoms with Gasteiger partial charge in [0.15, 0.2) is 0 Å². The van der Waals surface area contributed by atoms with E-state index in [-0.39, 0.29) is 17.7 Å². The molecule has 2 aromatic rings. The smallest absolute Gasteiger partial charge is 0.227 e. The second kappa shape index (κ2) is 8.29. The van der Waals surface area contributed by atoms with Crippen LogP contribution in [0.5, 0.6) is 0 Å². The van der Waals surface area contributed by atoms with Gasteiger partial charge in [-0.25, -0.2) is 0 Å². The average molecular weight is 380 g/mol. The number of piperidine rings is 1. The summed E-state index contributed by atoms with van der Waals surface area (Å²) in [5, 5.41) is 4.09. The molecule has 1 N–H and O–H groups in total. The average Bonchev–Trinajstić information content (AvgIpc) is 2.74. The summed E-state index contributed by atoms with van der Waals surface area (Å²) in [6, 6.07) is 9.73. The van der Waals surface area contributed by atoms with E-state index < -0.39 is 0 Å². The van der Waals surface area contributed by atoms with Crippen LogP contribution in [0.4, 0.5) is 5.69 Å². The largest absolute Gasteiger partial charge is 0.342 e. The zero-order valence-corrected chi connectivity index (χ0v) is 16.6. The number of pyridine rings is 1. The summed E-state index contributed by atoms with van der Waals surface area (Å²) < 4.78 is 0. The molecule has 28 heavy (non-hydrogen) atoms. The van der Waals surface area contributed by atoms with Crippen LogP contribution in [0.25, 0.3) is 10.9 Å². The summed E-state index contributed by atoms with van der Waals surface area (Å²) in [6.07, 6.45) is 7.17. The van der Waals surface area contributed by atoms with Crippen LogP contribution in [-0.2, 0) is 9.59 Å². The highest BCUT2D eigenvalue weighted by molar-refractivity contribution is 6.01. The molecule has 1 aliphatic heterocycles. The molecule has 5 nitrogen and oxygen atoms in total. The summed E-state index contributed by atoms with van der Waals surface area (Å²) in [5.41, 5.74) is 1.59. The lowest BCUT2D eigenvalue weighted by atomic mass is 9.80. The van der Waals surface area contributed by atoms with Crippen molar-refractivity contribution in [3.8, 4) is 0 Å². The van der Waals surface area contributed by atoms with E-state index in [0.717, 1.165) is 74.1 Å². The molecule has 1 saturated heterocycles. The number of hydrogen-bond acceptors (Lipinski definition) is 3. The lowest BCUT2D eigenvalue weighted by Crippen LogP contribution is -2.42. The van der Waals surface area contributed by atoms with Crippen LogP contribution in [0.3, 0.4) is 0 Å². The molecule has 5 heteroatoms. The molecule has 2 amide bonds. The number of hydrogen-bond donors (Lipinski definition) is 1. The Kier molecular flexibility index (Phi) is 5.60. The molecule has 2 heterocycles. The third kappa shape index (κ3) is 4.03. The van der Waals surface area contributed by atoms with Gasteiger partial charge in [0.1, 0.15) is 0 Å². The molecule has 0 spiro atoms. The Morgan fingerprint density at radius 2 is 1.64 bits per heavy atom. The second-order valence-electron chi connectivity index (χ2n) is 8.43. The summed E-state index contributed by atoms with van der Waals surface area (Å²) >= 11 is 0. The maximum atomic E-state index is 12.8. The first-order valence-electron chi connectivity index (χ1n) is 10.5. The van der Waals surface area contributed by atoms with Crippen molar-refractivity contribution in [1.29, 1.82) is 0 Å². The van der Waals surface area contributed by atoms with Gasteiger partial charge in [0.05, 0.1) is 11.2 Å². The van der Waals surface area contributed by atoms with Gasteiger partial charge in [-0.05, 0) is 56.6 Å². The minimum atomic E-state index is -0.0237. The Morgan fingerprint density at radius 1 is 0.964 bits per heavy atom. The number of nitrogens with one attached hydrogen (secondary N) is 1. The van der Waals surface area contributed by atoms with Crippen LogP contribution >= 0.6 is 0 Å². The molecule has 1 aliphatic carbocycles. The topological polar surface area (TPSA) is 62.3 Å². The third-order valence-corrected chi connectivity index (χ3v) is 6.43. The number of nitrogens with zero attached hydrogens (tertiary/aromatic N) is 2. The van der Waals surface area contributed by atoms with Gasteiger partial charge in [-0.1, -0.05) is 25.1 Å². The Bertz CT molecular complexity index is 845. The third-order valence-electron chi connectivity index (χ3n) is 6.43. The standard InChI is InChI=1S/C23H29N3O2/c1-16-11-14-26(15-12-16)23(28)19-9-7-18(8-10-19)22(27)25-20-6-2-4-17-5-3-13-24-21(17)20/h2-6,13,16,18-19H,7-12,14-15H2,1H3,(H,25,27). The first-order chi connectivity index (χ1) is 13.6. The molecule has 0 atom stereocenters. The maximum absolute atomic E-state index is 12.8. The fourth-order valence-electron chi connectivity index (χ4n) is 4.53. The van der Waals surface area contributed by atoms with E-state index in [2.05, 4.69) is 17.2 Å². The predicted molar refractivity (Wildman–Crippen MR) is 111 cm³/mol. The van der Waals surface area contributed by atoms with Gasteiger partial charge in [0.25, 0.3) is 0 Å². The molecule has 2 aliphatic rings. The lowest BCUT2D eigenvalue weighted by molar-refractivity contribution is -0.139. The zero-order valence-electron chi connectivity index (χ0n) is 16.6. The highest BCUT2D eigenvalue weighted by atomic mass is 16.2. The molecule has 4 rings (SSSR count). The minimum absolute atomic E-state index is 0.0237. The van der Waals surface area contributed by atoms with Crippen molar-refractivity contribution < 1.29 is 9.59 Å². The number of benzene rings is 1. The van der Waals surface area contributed by atoms with Crippen molar-refractivity contribution in [2.45, 2.75) is 45.4 Å².